The van der Waals surface area contributed by atoms with Gasteiger partial charge in [-0.25, -0.2) is 14.8 Å². The average Bonchev–Trinajstić information content (AvgIpc) is 3.23. The molecule has 2 aromatic heterocycles. The highest BCUT2D eigenvalue weighted by Gasteiger charge is 2.21. The van der Waals surface area contributed by atoms with Crippen molar-refractivity contribution in [3.63, 3.8) is 0 Å². The molecule has 3 aromatic rings. The number of aryl methyl sites for hydroxylation is 1. The van der Waals surface area contributed by atoms with Crippen LogP contribution in [0.3, 0.4) is 0 Å². The first kappa shape index (κ1) is 16.8. The number of aromatic carboxylic acids is 1. The molecule has 1 aromatic carbocycles. The number of nitrogens with zero attached hydrogens (tertiary/aromatic N) is 2. The maximum absolute atomic E-state index is 11.3. The minimum atomic E-state index is -0.956. The molecule has 2 heterocycles. The van der Waals surface area contributed by atoms with Gasteiger partial charge in [0.25, 0.3) is 0 Å². The quantitative estimate of drug-likeness (QED) is 0.680. The molecule has 1 fully saturated rings. The third-order valence-corrected chi connectivity index (χ3v) is 5.81. The highest BCUT2D eigenvalue weighted by atomic mass is 32.1. The lowest BCUT2D eigenvalue weighted by Crippen LogP contribution is -2.19. The van der Waals surface area contributed by atoms with E-state index in [1.165, 1.54) is 37.0 Å². The number of aromatic nitrogens is 2. The second kappa shape index (κ2) is 6.92. The number of rotatable bonds is 6. The average molecular weight is 370 g/mol. The van der Waals surface area contributed by atoms with E-state index in [0.29, 0.717) is 29.0 Å². The van der Waals surface area contributed by atoms with Crippen molar-refractivity contribution >= 4 is 17.3 Å². The summed E-state index contributed by atoms with van der Waals surface area (Å²) in [6, 6.07) is 5.71. The molecule has 0 saturated heterocycles. The number of hydrogen-bond donors (Lipinski definition) is 1. The van der Waals surface area contributed by atoms with Crippen molar-refractivity contribution in [1.82, 2.24) is 9.97 Å². The molecule has 0 bridgehead atoms. The van der Waals surface area contributed by atoms with E-state index >= 15 is 0 Å². The van der Waals surface area contributed by atoms with Crippen LogP contribution in [0.4, 0.5) is 0 Å². The van der Waals surface area contributed by atoms with Gasteiger partial charge in [-0.1, -0.05) is 6.42 Å². The third-order valence-electron chi connectivity index (χ3n) is 4.61. The summed E-state index contributed by atoms with van der Waals surface area (Å²) in [4.78, 5) is 19.9. The van der Waals surface area contributed by atoms with Crippen molar-refractivity contribution in [1.29, 1.82) is 0 Å². The van der Waals surface area contributed by atoms with E-state index in [4.69, 9.17) is 9.15 Å². The van der Waals surface area contributed by atoms with E-state index < -0.39 is 5.97 Å². The second-order valence-corrected chi connectivity index (χ2v) is 7.42. The monoisotopic (exact) mass is 370 g/mol. The molecular formula is C19H18N2O4S. The molecule has 1 saturated carbocycles. The van der Waals surface area contributed by atoms with E-state index in [1.807, 2.05) is 18.2 Å². The molecule has 0 atom stereocenters. The SMILES string of the molecule is Cc1nc(-c2ccc(OCC3CCC3)c(-c3cnco3)c2)sc1C(=O)O. The predicted molar refractivity (Wildman–Crippen MR) is 97.6 cm³/mol. The van der Waals surface area contributed by atoms with E-state index in [2.05, 4.69) is 9.97 Å². The Morgan fingerprint density at radius 2 is 2.27 bits per heavy atom. The Balaban J connectivity index is 1.69. The maximum Gasteiger partial charge on any atom is 0.347 e. The first-order valence-corrected chi connectivity index (χ1v) is 9.30. The number of carboxylic acids is 1. The summed E-state index contributed by atoms with van der Waals surface area (Å²) in [6.07, 6.45) is 6.73. The van der Waals surface area contributed by atoms with Gasteiger partial charge in [0.2, 0.25) is 0 Å². The lowest BCUT2D eigenvalue weighted by Gasteiger charge is -2.25. The molecule has 0 radical (unpaired) electrons. The van der Waals surface area contributed by atoms with Crippen molar-refractivity contribution in [3.8, 4) is 27.6 Å². The van der Waals surface area contributed by atoms with Crippen molar-refractivity contribution in [2.24, 2.45) is 5.92 Å². The van der Waals surface area contributed by atoms with Crippen molar-refractivity contribution in [2.45, 2.75) is 26.2 Å². The topological polar surface area (TPSA) is 85.5 Å². The first-order chi connectivity index (χ1) is 12.6. The smallest absolute Gasteiger partial charge is 0.347 e. The van der Waals surface area contributed by atoms with Gasteiger partial charge in [0.1, 0.15) is 15.6 Å². The van der Waals surface area contributed by atoms with E-state index in [1.54, 1.807) is 13.1 Å². The lowest BCUT2D eigenvalue weighted by atomic mass is 9.86. The molecule has 7 heteroatoms. The number of hydrogen-bond acceptors (Lipinski definition) is 6. The van der Waals surface area contributed by atoms with Crippen LogP contribution in [0.15, 0.2) is 35.2 Å². The Morgan fingerprint density at radius 3 is 2.88 bits per heavy atom. The number of carboxylic acid groups (broad SMARTS) is 1. The van der Waals surface area contributed by atoms with Crippen LogP contribution >= 0.6 is 11.3 Å². The molecule has 0 aliphatic heterocycles. The fourth-order valence-corrected chi connectivity index (χ4v) is 3.82. The minimum absolute atomic E-state index is 0.256. The summed E-state index contributed by atoms with van der Waals surface area (Å²) in [6.45, 7) is 2.40. The minimum Gasteiger partial charge on any atom is -0.493 e. The number of oxazole rings is 1. The van der Waals surface area contributed by atoms with Crippen molar-refractivity contribution in [3.05, 3.63) is 41.4 Å². The summed E-state index contributed by atoms with van der Waals surface area (Å²) in [7, 11) is 0. The Morgan fingerprint density at radius 1 is 1.42 bits per heavy atom. The summed E-state index contributed by atoms with van der Waals surface area (Å²) < 4.78 is 11.5. The van der Waals surface area contributed by atoms with Gasteiger partial charge in [0.05, 0.1) is 24.1 Å². The summed E-state index contributed by atoms with van der Waals surface area (Å²) >= 11 is 1.17. The van der Waals surface area contributed by atoms with Gasteiger partial charge in [-0.3, -0.25) is 0 Å². The first-order valence-electron chi connectivity index (χ1n) is 8.48. The second-order valence-electron chi connectivity index (χ2n) is 6.42. The molecule has 1 aliphatic carbocycles. The van der Waals surface area contributed by atoms with Crippen LogP contribution in [0.5, 0.6) is 5.75 Å². The highest BCUT2D eigenvalue weighted by molar-refractivity contribution is 7.17. The zero-order valence-corrected chi connectivity index (χ0v) is 15.1. The summed E-state index contributed by atoms with van der Waals surface area (Å²) in [5.74, 6) is 1.02. The van der Waals surface area contributed by atoms with E-state index in [9.17, 15) is 9.90 Å². The largest absolute Gasteiger partial charge is 0.493 e. The van der Waals surface area contributed by atoms with Crippen molar-refractivity contribution < 1.29 is 19.1 Å². The van der Waals surface area contributed by atoms with Gasteiger partial charge < -0.3 is 14.3 Å². The number of benzene rings is 1. The van der Waals surface area contributed by atoms with Crippen LogP contribution < -0.4 is 4.74 Å². The molecule has 0 amide bonds. The molecule has 26 heavy (non-hydrogen) atoms. The Hall–Kier alpha value is -2.67. The zero-order chi connectivity index (χ0) is 18.1. The highest BCUT2D eigenvalue weighted by Crippen LogP contribution is 2.37. The van der Waals surface area contributed by atoms with E-state index in [0.717, 1.165) is 16.9 Å². The Labute approximate surface area is 154 Å². The van der Waals surface area contributed by atoms with Crippen molar-refractivity contribution in [2.75, 3.05) is 6.61 Å². The number of thiazole rings is 1. The molecular weight excluding hydrogens is 352 g/mol. The molecule has 134 valence electrons. The van der Waals surface area contributed by atoms with Gasteiger partial charge in [-0.05, 0) is 43.9 Å². The van der Waals surface area contributed by atoms with Crippen LogP contribution in [0.25, 0.3) is 21.9 Å². The molecule has 4 rings (SSSR count). The van der Waals surface area contributed by atoms with Crippen LogP contribution in [0.2, 0.25) is 0 Å². The van der Waals surface area contributed by atoms with E-state index in [-0.39, 0.29) is 4.88 Å². The fraction of sp³-hybridized carbons (Fsp3) is 0.316. The lowest BCUT2D eigenvalue weighted by molar-refractivity contribution is 0.0701. The van der Waals surface area contributed by atoms with Crippen LogP contribution in [0.1, 0.15) is 34.6 Å². The molecule has 1 N–H and O–H groups in total. The summed E-state index contributed by atoms with van der Waals surface area (Å²) in [5, 5.41) is 9.91. The summed E-state index contributed by atoms with van der Waals surface area (Å²) in [5.41, 5.74) is 2.14. The van der Waals surface area contributed by atoms with Gasteiger partial charge >= 0.3 is 5.97 Å². The van der Waals surface area contributed by atoms with Gasteiger partial charge in [-0.15, -0.1) is 11.3 Å². The van der Waals surface area contributed by atoms with Crippen LogP contribution in [0, 0.1) is 12.8 Å². The fourth-order valence-electron chi connectivity index (χ4n) is 2.92. The van der Waals surface area contributed by atoms with Gasteiger partial charge in [0, 0.05) is 5.56 Å². The Bertz CT molecular complexity index is 929. The number of ether oxygens (including phenoxy) is 1. The molecule has 6 nitrogen and oxygen atoms in total. The Kier molecular flexibility index (Phi) is 4.46. The predicted octanol–water partition coefficient (Wildman–Crippen LogP) is 4.65. The standard InChI is InChI=1S/C19H18N2O4S/c1-11-17(19(22)23)26-18(21-11)13-5-6-15(24-9-12-3-2-4-12)14(7-13)16-8-20-10-25-16/h5-8,10,12H,2-4,9H2,1H3,(H,22,23). The normalized spacial score (nSPS) is 14.2. The van der Waals surface area contributed by atoms with Crippen LogP contribution in [-0.2, 0) is 0 Å². The van der Waals surface area contributed by atoms with Gasteiger partial charge in [0.15, 0.2) is 12.2 Å². The number of carbonyl (C=O) groups is 1. The molecule has 1 aliphatic rings. The zero-order valence-electron chi connectivity index (χ0n) is 14.3. The molecule has 0 spiro atoms. The maximum atomic E-state index is 11.3. The molecule has 0 unspecified atom stereocenters. The third kappa shape index (κ3) is 3.22. The van der Waals surface area contributed by atoms with Crippen LogP contribution in [-0.4, -0.2) is 27.7 Å². The van der Waals surface area contributed by atoms with Gasteiger partial charge in [-0.2, -0.15) is 0 Å².